The third kappa shape index (κ3) is 5.96. The highest BCUT2D eigenvalue weighted by molar-refractivity contribution is 4.91. The molecule has 0 aromatic carbocycles. The molecule has 0 bridgehead atoms. The van der Waals surface area contributed by atoms with Gasteiger partial charge in [0.2, 0.25) is 0 Å². The van der Waals surface area contributed by atoms with Gasteiger partial charge in [0, 0.05) is 12.1 Å². The molecule has 148 valence electrons. The Labute approximate surface area is 157 Å². The van der Waals surface area contributed by atoms with Gasteiger partial charge in [-0.15, -0.1) is 0 Å². The van der Waals surface area contributed by atoms with Crippen LogP contribution in [0.2, 0.25) is 0 Å². The maximum atomic E-state index is 6.56. The molecular formula is C23H46N2. The van der Waals surface area contributed by atoms with E-state index in [1.165, 1.54) is 70.6 Å². The largest absolute Gasteiger partial charge is 0.327 e. The van der Waals surface area contributed by atoms with Crippen molar-refractivity contribution in [2.45, 2.75) is 110 Å². The fraction of sp³-hybridized carbons (Fsp3) is 1.00. The van der Waals surface area contributed by atoms with Gasteiger partial charge < -0.3 is 11.5 Å². The van der Waals surface area contributed by atoms with Crippen LogP contribution in [0.25, 0.3) is 0 Å². The average Bonchev–Trinajstić information content (AvgIpc) is 2.58. The summed E-state index contributed by atoms with van der Waals surface area (Å²) in [6, 6.07) is 0.887. The normalized spacial score (nSPS) is 42.5. The zero-order valence-electron chi connectivity index (χ0n) is 17.6. The van der Waals surface area contributed by atoms with E-state index in [0.717, 1.165) is 23.7 Å². The van der Waals surface area contributed by atoms with Crippen LogP contribution in [0.3, 0.4) is 0 Å². The number of nitrogens with two attached hydrogens (primary N) is 2. The Morgan fingerprint density at radius 1 is 0.680 bits per heavy atom. The predicted octanol–water partition coefficient (Wildman–Crippen LogP) is 5.74. The van der Waals surface area contributed by atoms with Crippen LogP contribution in [0.1, 0.15) is 98.3 Å². The first-order chi connectivity index (χ1) is 12.0. The summed E-state index contributed by atoms with van der Waals surface area (Å²) >= 11 is 0. The lowest BCUT2D eigenvalue weighted by Crippen LogP contribution is -2.44. The third-order valence-electron chi connectivity index (χ3n) is 7.61. The van der Waals surface area contributed by atoms with Gasteiger partial charge in [0.05, 0.1) is 0 Å². The van der Waals surface area contributed by atoms with E-state index in [1.54, 1.807) is 0 Å². The van der Waals surface area contributed by atoms with Crippen LogP contribution < -0.4 is 11.5 Å². The molecule has 2 aliphatic carbocycles. The SMILES string of the molecule is CCCCC1CC(CC2CC(C)C(N)C(CCCC)C2)CC(C)C1N. The van der Waals surface area contributed by atoms with Crippen molar-refractivity contribution in [1.82, 2.24) is 0 Å². The second-order valence-electron chi connectivity index (χ2n) is 9.82. The van der Waals surface area contributed by atoms with Crippen LogP contribution in [-0.4, -0.2) is 12.1 Å². The lowest BCUT2D eigenvalue weighted by atomic mass is 9.64. The molecule has 2 nitrogen and oxygen atoms in total. The first kappa shape index (κ1) is 21.2. The van der Waals surface area contributed by atoms with Gasteiger partial charge in [-0.1, -0.05) is 53.4 Å². The Hall–Kier alpha value is -0.0800. The smallest absolute Gasteiger partial charge is 0.00932 e. The molecule has 2 saturated carbocycles. The first-order valence-corrected chi connectivity index (χ1v) is 11.5. The lowest BCUT2D eigenvalue weighted by molar-refractivity contribution is 0.101. The minimum atomic E-state index is 0.443. The molecular weight excluding hydrogens is 304 g/mol. The molecule has 0 aromatic heterocycles. The van der Waals surface area contributed by atoms with E-state index in [1.807, 2.05) is 0 Å². The first-order valence-electron chi connectivity index (χ1n) is 11.5. The van der Waals surface area contributed by atoms with Crippen molar-refractivity contribution in [3.8, 4) is 0 Å². The fourth-order valence-electron chi connectivity index (χ4n) is 6.07. The molecule has 0 aromatic rings. The summed E-state index contributed by atoms with van der Waals surface area (Å²) in [7, 11) is 0. The number of hydrogen-bond donors (Lipinski definition) is 2. The second-order valence-corrected chi connectivity index (χ2v) is 9.82. The molecule has 2 fully saturated rings. The van der Waals surface area contributed by atoms with Crippen LogP contribution in [0, 0.1) is 35.5 Å². The molecule has 2 rings (SSSR count). The average molecular weight is 351 g/mol. The molecule has 0 radical (unpaired) electrons. The van der Waals surface area contributed by atoms with Crippen molar-refractivity contribution in [3.63, 3.8) is 0 Å². The van der Waals surface area contributed by atoms with Crippen molar-refractivity contribution in [2.24, 2.45) is 47.0 Å². The number of unbranched alkanes of at least 4 members (excludes halogenated alkanes) is 2. The maximum absolute atomic E-state index is 6.56. The standard InChI is InChI=1S/C23H46N2/c1-5-7-9-20-14-18(11-16(3)22(20)24)13-19-12-17(4)23(25)21(15-19)10-8-6-2/h16-23H,5-15,24-25H2,1-4H3. The summed E-state index contributed by atoms with van der Waals surface area (Å²) in [5, 5.41) is 0. The van der Waals surface area contributed by atoms with E-state index < -0.39 is 0 Å². The van der Waals surface area contributed by atoms with Crippen molar-refractivity contribution in [3.05, 3.63) is 0 Å². The molecule has 0 aliphatic heterocycles. The van der Waals surface area contributed by atoms with Crippen molar-refractivity contribution >= 4 is 0 Å². The summed E-state index contributed by atoms with van der Waals surface area (Å²) in [5.74, 6) is 4.78. The van der Waals surface area contributed by atoms with Gasteiger partial charge in [-0.05, 0) is 80.5 Å². The van der Waals surface area contributed by atoms with Crippen LogP contribution in [0.5, 0.6) is 0 Å². The van der Waals surface area contributed by atoms with Gasteiger partial charge in [-0.2, -0.15) is 0 Å². The molecule has 8 atom stereocenters. The van der Waals surface area contributed by atoms with Gasteiger partial charge in [-0.3, -0.25) is 0 Å². The highest BCUT2D eigenvalue weighted by Gasteiger charge is 2.37. The van der Waals surface area contributed by atoms with Crippen LogP contribution >= 0.6 is 0 Å². The highest BCUT2D eigenvalue weighted by atomic mass is 14.7. The Kier molecular flexibility index (Phi) is 8.75. The van der Waals surface area contributed by atoms with E-state index in [4.69, 9.17) is 11.5 Å². The van der Waals surface area contributed by atoms with Gasteiger partial charge in [0.25, 0.3) is 0 Å². The molecule has 25 heavy (non-hydrogen) atoms. The maximum Gasteiger partial charge on any atom is 0.00932 e. The molecule has 0 heterocycles. The Bertz CT molecular complexity index is 335. The third-order valence-corrected chi connectivity index (χ3v) is 7.61. The van der Waals surface area contributed by atoms with Crippen LogP contribution in [0.4, 0.5) is 0 Å². The summed E-state index contributed by atoms with van der Waals surface area (Å²) in [4.78, 5) is 0. The summed E-state index contributed by atoms with van der Waals surface area (Å²) < 4.78 is 0. The fourth-order valence-corrected chi connectivity index (χ4v) is 6.07. The number of rotatable bonds is 8. The monoisotopic (exact) mass is 350 g/mol. The van der Waals surface area contributed by atoms with Gasteiger partial charge in [0.1, 0.15) is 0 Å². The minimum Gasteiger partial charge on any atom is -0.327 e. The summed E-state index contributed by atoms with van der Waals surface area (Å²) in [6.45, 7) is 9.41. The zero-order chi connectivity index (χ0) is 18.4. The predicted molar refractivity (Wildman–Crippen MR) is 110 cm³/mol. The van der Waals surface area contributed by atoms with E-state index in [0.29, 0.717) is 23.9 Å². The minimum absolute atomic E-state index is 0.443. The van der Waals surface area contributed by atoms with E-state index >= 15 is 0 Å². The Morgan fingerprint density at radius 2 is 1.08 bits per heavy atom. The molecule has 0 spiro atoms. The Morgan fingerprint density at radius 3 is 1.44 bits per heavy atom. The van der Waals surface area contributed by atoms with Crippen molar-refractivity contribution < 1.29 is 0 Å². The zero-order valence-corrected chi connectivity index (χ0v) is 17.6. The molecule has 0 saturated heterocycles. The summed E-state index contributed by atoms with van der Waals surface area (Å²) in [5.41, 5.74) is 13.1. The van der Waals surface area contributed by atoms with E-state index in [9.17, 15) is 0 Å². The molecule has 2 heteroatoms. The molecule has 8 unspecified atom stereocenters. The van der Waals surface area contributed by atoms with Gasteiger partial charge >= 0.3 is 0 Å². The highest BCUT2D eigenvalue weighted by Crippen LogP contribution is 2.43. The van der Waals surface area contributed by atoms with Crippen molar-refractivity contribution in [2.75, 3.05) is 0 Å². The molecule has 2 aliphatic rings. The van der Waals surface area contributed by atoms with E-state index in [2.05, 4.69) is 27.7 Å². The van der Waals surface area contributed by atoms with Crippen LogP contribution in [0.15, 0.2) is 0 Å². The molecule has 4 N–H and O–H groups in total. The topological polar surface area (TPSA) is 52.0 Å². The Balaban J connectivity index is 1.90. The van der Waals surface area contributed by atoms with Gasteiger partial charge in [0.15, 0.2) is 0 Å². The summed E-state index contributed by atoms with van der Waals surface area (Å²) in [6.07, 6.45) is 15.0. The number of hydrogen-bond acceptors (Lipinski definition) is 2. The molecule has 0 amide bonds. The second kappa shape index (κ2) is 10.3. The van der Waals surface area contributed by atoms with Crippen LogP contribution in [-0.2, 0) is 0 Å². The quantitative estimate of drug-likeness (QED) is 0.587. The van der Waals surface area contributed by atoms with Crippen molar-refractivity contribution in [1.29, 1.82) is 0 Å². The van der Waals surface area contributed by atoms with E-state index in [-0.39, 0.29) is 0 Å². The van der Waals surface area contributed by atoms with Gasteiger partial charge in [-0.25, -0.2) is 0 Å². The lowest BCUT2D eigenvalue weighted by Gasteiger charge is -2.43.